The molecule has 0 aliphatic rings. The van der Waals surface area contributed by atoms with Gasteiger partial charge in [0.05, 0.1) is 5.41 Å². The fourth-order valence-corrected chi connectivity index (χ4v) is 0.908. The molecule has 0 saturated heterocycles. The number of nitrogens with one attached hydrogen (secondary N) is 1. The third-order valence-electron chi connectivity index (χ3n) is 2.45. The lowest BCUT2D eigenvalue weighted by molar-refractivity contribution is -0.130. The highest BCUT2D eigenvalue weighted by Crippen LogP contribution is 2.18. The molecule has 1 amide bonds. The van der Waals surface area contributed by atoms with Crippen molar-refractivity contribution in [2.24, 2.45) is 17.1 Å². The Morgan fingerprint density at radius 2 is 2.08 bits per heavy atom. The van der Waals surface area contributed by atoms with Gasteiger partial charge in [0.1, 0.15) is 0 Å². The molecule has 0 saturated carbocycles. The quantitative estimate of drug-likeness (QED) is 0.676. The van der Waals surface area contributed by atoms with Crippen LogP contribution >= 0.6 is 0 Å². The molecule has 0 bridgehead atoms. The summed E-state index contributed by atoms with van der Waals surface area (Å²) >= 11 is 0. The van der Waals surface area contributed by atoms with Crippen LogP contribution in [-0.4, -0.2) is 19.0 Å². The SMILES string of the molecule is CCC(C)(CN)C(=O)NCC(C)C. The molecule has 3 heteroatoms. The van der Waals surface area contributed by atoms with E-state index >= 15 is 0 Å². The van der Waals surface area contributed by atoms with E-state index in [-0.39, 0.29) is 5.91 Å². The second-order valence-electron chi connectivity index (χ2n) is 4.22. The highest BCUT2D eigenvalue weighted by molar-refractivity contribution is 5.82. The summed E-state index contributed by atoms with van der Waals surface area (Å²) in [6.07, 6.45) is 0.785. The molecule has 3 nitrogen and oxygen atoms in total. The zero-order valence-electron chi connectivity index (χ0n) is 9.18. The van der Waals surface area contributed by atoms with E-state index in [2.05, 4.69) is 19.2 Å². The molecule has 0 aliphatic carbocycles. The molecule has 0 spiro atoms. The Kier molecular flexibility index (Phi) is 4.99. The predicted octanol–water partition coefficient (Wildman–Crippen LogP) is 1.13. The van der Waals surface area contributed by atoms with Crippen LogP contribution in [0.3, 0.4) is 0 Å². The van der Waals surface area contributed by atoms with Gasteiger partial charge in [-0.2, -0.15) is 0 Å². The van der Waals surface area contributed by atoms with E-state index in [1.54, 1.807) is 0 Å². The van der Waals surface area contributed by atoms with E-state index in [1.807, 2.05) is 13.8 Å². The molecule has 3 N–H and O–H groups in total. The molecule has 0 aromatic heterocycles. The minimum atomic E-state index is -0.394. The first kappa shape index (κ1) is 12.4. The van der Waals surface area contributed by atoms with Crippen LogP contribution in [-0.2, 0) is 4.79 Å². The number of hydrogen-bond donors (Lipinski definition) is 2. The van der Waals surface area contributed by atoms with Gasteiger partial charge in [-0.25, -0.2) is 0 Å². The van der Waals surface area contributed by atoms with Crippen molar-refractivity contribution in [3.05, 3.63) is 0 Å². The third-order valence-corrected chi connectivity index (χ3v) is 2.45. The highest BCUT2D eigenvalue weighted by atomic mass is 16.2. The summed E-state index contributed by atoms with van der Waals surface area (Å²) < 4.78 is 0. The Bertz CT molecular complexity index is 162. The Hall–Kier alpha value is -0.570. The Balaban J connectivity index is 4.07. The van der Waals surface area contributed by atoms with Crippen LogP contribution in [0.25, 0.3) is 0 Å². The van der Waals surface area contributed by atoms with Gasteiger partial charge in [0.25, 0.3) is 0 Å². The van der Waals surface area contributed by atoms with Crippen molar-refractivity contribution in [3.63, 3.8) is 0 Å². The Labute approximate surface area is 81.1 Å². The summed E-state index contributed by atoms with van der Waals surface area (Å²) in [5, 5.41) is 2.91. The number of hydrogen-bond acceptors (Lipinski definition) is 2. The Morgan fingerprint density at radius 3 is 2.38 bits per heavy atom. The number of amides is 1. The normalized spacial score (nSPS) is 15.5. The first-order chi connectivity index (χ1) is 5.96. The van der Waals surface area contributed by atoms with Crippen LogP contribution in [0.5, 0.6) is 0 Å². The molecular formula is C10H22N2O. The highest BCUT2D eigenvalue weighted by Gasteiger charge is 2.29. The molecule has 0 aromatic carbocycles. The lowest BCUT2D eigenvalue weighted by Gasteiger charge is -2.25. The fraction of sp³-hybridized carbons (Fsp3) is 0.900. The Morgan fingerprint density at radius 1 is 1.54 bits per heavy atom. The minimum Gasteiger partial charge on any atom is -0.355 e. The number of rotatable bonds is 5. The van der Waals surface area contributed by atoms with E-state index in [1.165, 1.54) is 0 Å². The minimum absolute atomic E-state index is 0.0752. The molecular weight excluding hydrogens is 164 g/mol. The summed E-state index contributed by atoms with van der Waals surface area (Å²) in [4.78, 5) is 11.6. The first-order valence-electron chi connectivity index (χ1n) is 4.94. The van der Waals surface area contributed by atoms with Crippen molar-refractivity contribution in [2.75, 3.05) is 13.1 Å². The van der Waals surface area contributed by atoms with Gasteiger partial charge < -0.3 is 11.1 Å². The average Bonchev–Trinajstić information content (AvgIpc) is 2.12. The lowest BCUT2D eigenvalue weighted by atomic mass is 9.86. The second kappa shape index (κ2) is 5.22. The summed E-state index contributed by atoms with van der Waals surface area (Å²) in [6.45, 7) is 9.18. The molecule has 1 atom stereocenters. The molecule has 0 aliphatic heterocycles. The van der Waals surface area contributed by atoms with Gasteiger partial charge >= 0.3 is 0 Å². The van der Waals surface area contributed by atoms with Crippen LogP contribution in [0.4, 0.5) is 0 Å². The second-order valence-corrected chi connectivity index (χ2v) is 4.22. The van der Waals surface area contributed by atoms with Crippen molar-refractivity contribution in [1.82, 2.24) is 5.32 Å². The van der Waals surface area contributed by atoms with Gasteiger partial charge in [-0.05, 0) is 19.3 Å². The van der Waals surface area contributed by atoms with E-state index in [0.717, 1.165) is 13.0 Å². The zero-order chi connectivity index (χ0) is 10.5. The molecule has 78 valence electrons. The van der Waals surface area contributed by atoms with Crippen LogP contribution < -0.4 is 11.1 Å². The van der Waals surface area contributed by atoms with Crippen molar-refractivity contribution >= 4 is 5.91 Å². The monoisotopic (exact) mass is 186 g/mol. The van der Waals surface area contributed by atoms with Crippen LogP contribution in [0.2, 0.25) is 0 Å². The number of carbonyl (C=O) groups excluding carboxylic acids is 1. The predicted molar refractivity (Wildman–Crippen MR) is 55.3 cm³/mol. The average molecular weight is 186 g/mol. The zero-order valence-corrected chi connectivity index (χ0v) is 9.18. The lowest BCUT2D eigenvalue weighted by Crippen LogP contribution is -2.44. The largest absolute Gasteiger partial charge is 0.355 e. The van der Waals surface area contributed by atoms with E-state index in [9.17, 15) is 4.79 Å². The van der Waals surface area contributed by atoms with Crippen molar-refractivity contribution in [1.29, 1.82) is 0 Å². The molecule has 0 rings (SSSR count). The summed E-state index contributed by atoms with van der Waals surface area (Å²) in [7, 11) is 0. The van der Waals surface area contributed by atoms with Gasteiger partial charge in [-0.15, -0.1) is 0 Å². The fourth-order valence-electron chi connectivity index (χ4n) is 0.908. The maximum Gasteiger partial charge on any atom is 0.227 e. The standard InChI is InChI=1S/C10H22N2O/c1-5-10(4,7-11)9(13)12-6-8(2)3/h8H,5-7,11H2,1-4H3,(H,12,13). The molecule has 13 heavy (non-hydrogen) atoms. The molecule has 0 aromatic rings. The van der Waals surface area contributed by atoms with Gasteiger partial charge in [-0.1, -0.05) is 20.8 Å². The third kappa shape index (κ3) is 3.77. The molecule has 0 fully saturated rings. The maximum absolute atomic E-state index is 11.6. The summed E-state index contributed by atoms with van der Waals surface area (Å²) in [6, 6.07) is 0. The van der Waals surface area contributed by atoms with Gasteiger partial charge in [0.2, 0.25) is 5.91 Å². The van der Waals surface area contributed by atoms with Crippen LogP contribution in [0, 0.1) is 11.3 Å². The van der Waals surface area contributed by atoms with Crippen LogP contribution in [0.15, 0.2) is 0 Å². The van der Waals surface area contributed by atoms with Gasteiger partial charge in [-0.3, -0.25) is 4.79 Å². The van der Waals surface area contributed by atoms with Gasteiger partial charge in [0.15, 0.2) is 0 Å². The van der Waals surface area contributed by atoms with E-state index in [0.29, 0.717) is 12.5 Å². The van der Waals surface area contributed by atoms with E-state index in [4.69, 9.17) is 5.73 Å². The molecule has 1 unspecified atom stereocenters. The summed E-state index contributed by atoms with van der Waals surface area (Å²) in [5.74, 6) is 0.564. The summed E-state index contributed by atoms with van der Waals surface area (Å²) in [5.41, 5.74) is 5.17. The number of carbonyl (C=O) groups is 1. The maximum atomic E-state index is 11.6. The molecule has 0 radical (unpaired) electrons. The number of nitrogens with two attached hydrogens (primary N) is 1. The van der Waals surface area contributed by atoms with E-state index < -0.39 is 5.41 Å². The van der Waals surface area contributed by atoms with Crippen LogP contribution in [0.1, 0.15) is 34.1 Å². The van der Waals surface area contributed by atoms with Crippen molar-refractivity contribution in [2.45, 2.75) is 34.1 Å². The van der Waals surface area contributed by atoms with Crippen molar-refractivity contribution < 1.29 is 4.79 Å². The smallest absolute Gasteiger partial charge is 0.227 e. The van der Waals surface area contributed by atoms with Crippen molar-refractivity contribution in [3.8, 4) is 0 Å². The first-order valence-corrected chi connectivity index (χ1v) is 4.94. The topological polar surface area (TPSA) is 55.1 Å². The van der Waals surface area contributed by atoms with Gasteiger partial charge in [0, 0.05) is 13.1 Å². The molecule has 0 heterocycles.